The van der Waals surface area contributed by atoms with Crippen LogP contribution in [0, 0.1) is 5.82 Å². The molecule has 0 atom stereocenters. The molecule has 4 rings (SSSR count). The van der Waals surface area contributed by atoms with Gasteiger partial charge < -0.3 is 10.1 Å². The smallest absolute Gasteiger partial charge is 0.281 e. The maximum absolute atomic E-state index is 13.2. The van der Waals surface area contributed by atoms with Crippen molar-refractivity contribution in [3.63, 3.8) is 0 Å². The Morgan fingerprint density at radius 1 is 1.27 bits per heavy atom. The van der Waals surface area contributed by atoms with Crippen LogP contribution in [0.4, 0.5) is 10.1 Å². The molecule has 6 nitrogen and oxygen atoms in total. The topological polar surface area (TPSA) is 59.4 Å². The SMILES string of the molecule is COc1ccc(/C=C2/NC(=S)N(c3ccc(F)cc3)C2=O)cc1Cn1cc(Br)cn1. The van der Waals surface area contributed by atoms with Gasteiger partial charge in [-0.15, -0.1) is 0 Å². The summed E-state index contributed by atoms with van der Waals surface area (Å²) in [6.45, 7) is 0.507. The van der Waals surface area contributed by atoms with Gasteiger partial charge in [0.05, 0.1) is 30.0 Å². The molecule has 0 bridgehead atoms. The monoisotopic (exact) mass is 486 g/mol. The van der Waals surface area contributed by atoms with Gasteiger partial charge in [-0.05, 0) is 76.2 Å². The summed E-state index contributed by atoms with van der Waals surface area (Å²) in [4.78, 5) is 14.2. The van der Waals surface area contributed by atoms with E-state index >= 15 is 0 Å². The van der Waals surface area contributed by atoms with Crippen LogP contribution in [-0.4, -0.2) is 27.9 Å². The van der Waals surface area contributed by atoms with Gasteiger partial charge in [0.15, 0.2) is 5.11 Å². The molecule has 30 heavy (non-hydrogen) atoms. The molecule has 2 heterocycles. The summed E-state index contributed by atoms with van der Waals surface area (Å²) in [6, 6.07) is 11.2. The number of amides is 1. The first-order valence-corrected chi connectivity index (χ1v) is 10.1. The highest BCUT2D eigenvalue weighted by Gasteiger charge is 2.31. The summed E-state index contributed by atoms with van der Waals surface area (Å²) in [5, 5.41) is 7.45. The largest absolute Gasteiger partial charge is 0.496 e. The predicted molar refractivity (Wildman–Crippen MR) is 120 cm³/mol. The number of thiocarbonyl (C=S) groups is 1. The molecular formula is C21H16BrFN4O2S. The second-order valence-electron chi connectivity index (χ2n) is 6.53. The lowest BCUT2D eigenvalue weighted by Gasteiger charge is -2.13. The first-order valence-electron chi connectivity index (χ1n) is 8.92. The molecule has 1 fully saturated rings. The number of carbonyl (C=O) groups is 1. The summed E-state index contributed by atoms with van der Waals surface area (Å²) in [6.07, 6.45) is 5.30. The Morgan fingerprint density at radius 3 is 2.70 bits per heavy atom. The molecule has 9 heteroatoms. The van der Waals surface area contributed by atoms with E-state index < -0.39 is 0 Å². The molecule has 1 saturated heterocycles. The van der Waals surface area contributed by atoms with Crippen molar-refractivity contribution >= 4 is 50.9 Å². The number of hydrogen-bond acceptors (Lipinski definition) is 4. The van der Waals surface area contributed by atoms with Crippen molar-refractivity contribution in [2.75, 3.05) is 12.0 Å². The summed E-state index contributed by atoms with van der Waals surface area (Å²) in [5.74, 6) is 0.0351. The zero-order valence-electron chi connectivity index (χ0n) is 15.8. The molecule has 1 aliphatic heterocycles. The maximum Gasteiger partial charge on any atom is 0.281 e. The van der Waals surface area contributed by atoms with E-state index in [1.54, 1.807) is 24.1 Å². The molecule has 0 spiro atoms. The van der Waals surface area contributed by atoms with Crippen molar-refractivity contribution in [3.05, 3.63) is 82.0 Å². The third-order valence-corrected chi connectivity index (χ3v) is 5.21. The van der Waals surface area contributed by atoms with Crippen LogP contribution in [0.1, 0.15) is 11.1 Å². The summed E-state index contributed by atoms with van der Waals surface area (Å²) >= 11 is 8.69. The molecule has 3 aromatic rings. The van der Waals surface area contributed by atoms with Gasteiger partial charge in [0.25, 0.3) is 5.91 Å². The molecule has 1 amide bonds. The molecule has 1 aromatic heterocycles. The Bertz CT molecular complexity index is 1160. The quantitative estimate of drug-likeness (QED) is 0.434. The fourth-order valence-corrected chi connectivity index (χ4v) is 3.76. The number of ether oxygens (including phenoxy) is 1. The number of hydrogen-bond donors (Lipinski definition) is 1. The highest BCUT2D eigenvalue weighted by atomic mass is 79.9. The number of nitrogens with one attached hydrogen (secondary N) is 1. The molecule has 1 aliphatic rings. The van der Waals surface area contributed by atoms with Crippen LogP contribution in [0.2, 0.25) is 0 Å². The second kappa shape index (κ2) is 8.37. The van der Waals surface area contributed by atoms with Crippen LogP contribution in [0.15, 0.2) is 65.0 Å². The van der Waals surface area contributed by atoms with Gasteiger partial charge in [0.2, 0.25) is 0 Å². The Hall–Kier alpha value is -3.04. The van der Waals surface area contributed by atoms with Crippen molar-refractivity contribution in [2.24, 2.45) is 0 Å². The number of carbonyl (C=O) groups excluding carboxylic acids is 1. The van der Waals surface area contributed by atoms with E-state index in [2.05, 4.69) is 26.3 Å². The minimum Gasteiger partial charge on any atom is -0.496 e. The van der Waals surface area contributed by atoms with E-state index in [0.717, 1.165) is 21.3 Å². The Morgan fingerprint density at radius 2 is 2.03 bits per heavy atom. The fraction of sp³-hybridized carbons (Fsp3) is 0.0952. The van der Waals surface area contributed by atoms with Crippen LogP contribution in [0.3, 0.4) is 0 Å². The van der Waals surface area contributed by atoms with Gasteiger partial charge >= 0.3 is 0 Å². The molecule has 0 saturated carbocycles. The first-order chi connectivity index (χ1) is 14.4. The number of halogens is 2. The maximum atomic E-state index is 13.2. The van der Waals surface area contributed by atoms with E-state index in [1.807, 2.05) is 24.4 Å². The molecule has 0 unspecified atom stereocenters. The Labute approximate surface area is 186 Å². The second-order valence-corrected chi connectivity index (χ2v) is 7.83. The molecule has 0 aliphatic carbocycles. The lowest BCUT2D eigenvalue weighted by Crippen LogP contribution is -2.30. The van der Waals surface area contributed by atoms with Crippen LogP contribution < -0.4 is 15.0 Å². The zero-order valence-corrected chi connectivity index (χ0v) is 18.2. The third-order valence-electron chi connectivity index (χ3n) is 4.51. The van der Waals surface area contributed by atoms with Gasteiger partial charge in [0.1, 0.15) is 17.3 Å². The van der Waals surface area contributed by atoms with Crippen LogP contribution in [0.25, 0.3) is 6.08 Å². The average Bonchev–Trinajstić information content (AvgIpc) is 3.25. The van der Waals surface area contributed by atoms with Crippen LogP contribution >= 0.6 is 28.1 Å². The highest BCUT2D eigenvalue weighted by molar-refractivity contribution is 9.10. The van der Waals surface area contributed by atoms with E-state index in [-0.39, 0.29) is 16.8 Å². The fourth-order valence-electron chi connectivity index (χ4n) is 3.14. The van der Waals surface area contributed by atoms with Crippen molar-refractivity contribution < 1.29 is 13.9 Å². The number of rotatable bonds is 5. The van der Waals surface area contributed by atoms with Gasteiger partial charge in [-0.3, -0.25) is 14.4 Å². The van der Waals surface area contributed by atoms with E-state index in [0.29, 0.717) is 17.9 Å². The van der Waals surface area contributed by atoms with E-state index in [9.17, 15) is 9.18 Å². The minimum absolute atomic E-state index is 0.244. The summed E-state index contributed by atoms with van der Waals surface area (Å²) in [5.41, 5.74) is 2.55. The van der Waals surface area contributed by atoms with Crippen LogP contribution in [-0.2, 0) is 11.3 Å². The first kappa shape index (κ1) is 20.2. The number of anilines is 1. The predicted octanol–water partition coefficient (Wildman–Crippen LogP) is 4.10. The normalized spacial score (nSPS) is 15.0. The standard InChI is InChI=1S/C21H16BrFN4O2S/c1-29-19-7-2-13(8-14(19)11-26-12-15(22)10-24-26)9-18-20(28)27(21(30)25-18)17-5-3-16(23)4-6-17/h2-10,12H,11H2,1H3,(H,25,30)/b18-9+. The lowest BCUT2D eigenvalue weighted by atomic mass is 10.1. The molecular weight excluding hydrogens is 471 g/mol. The summed E-state index contributed by atoms with van der Waals surface area (Å²) in [7, 11) is 1.61. The van der Waals surface area contributed by atoms with Gasteiger partial charge in [0, 0.05) is 11.8 Å². The Balaban J connectivity index is 1.62. The number of aromatic nitrogens is 2. The summed E-state index contributed by atoms with van der Waals surface area (Å²) < 4.78 is 21.3. The average molecular weight is 487 g/mol. The van der Waals surface area contributed by atoms with Crippen molar-refractivity contribution in [3.8, 4) is 5.75 Å². The third kappa shape index (κ3) is 4.12. The van der Waals surface area contributed by atoms with Crippen molar-refractivity contribution in [1.29, 1.82) is 0 Å². The number of nitrogens with zero attached hydrogens (tertiary/aromatic N) is 3. The van der Waals surface area contributed by atoms with Crippen molar-refractivity contribution in [2.45, 2.75) is 6.54 Å². The van der Waals surface area contributed by atoms with E-state index in [1.165, 1.54) is 29.2 Å². The number of methoxy groups -OCH3 is 1. The minimum atomic E-state index is -0.380. The van der Waals surface area contributed by atoms with E-state index in [4.69, 9.17) is 17.0 Å². The van der Waals surface area contributed by atoms with Gasteiger partial charge in [-0.1, -0.05) is 6.07 Å². The molecule has 152 valence electrons. The molecule has 0 radical (unpaired) electrons. The Kier molecular flexibility index (Phi) is 5.65. The van der Waals surface area contributed by atoms with Crippen molar-refractivity contribution in [1.82, 2.24) is 15.1 Å². The zero-order chi connectivity index (χ0) is 21.3. The highest BCUT2D eigenvalue weighted by Crippen LogP contribution is 2.25. The van der Waals surface area contributed by atoms with Crippen LogP contribution in [0.5, 0.6) is 5.75 Å². The number of benzene rings is 2. The molecule has 2 aromatic carbocycles. The van der Waals surface area contributed by atoms with Gasteiger partial charge in [-0.25, -0.2) is 4.39 Å². The molecule has 1 N–H and O–H groups in total. The lowest BCUT2D eigenvalue weighted by molar-refractivity contribution is -0.113. The van der Waals surface area contributed by atoms with Gasteiger partial charge in [-0.2, -0.15) is 5.10 Å².